The number of furan rings is 1. The Labute approximate surface area is 151 Å². The molecule has 7 heteroatoms. The molecule has 1 atom stereocenters. The van der Waals surface area contributed by atoms with Crippen molar-refractivity contribution in [2.24, 2.45) is 0 Å². The van der Waals surface area contributed by atoms with Gasteiger partial charge in [0.05, 0.1) is 12.0 Å². The number of hydrogen-bond donors (Lipinski definition) is 1. The standard InChI is InChI=1S/C19H18N6O/c1-11-9-25(2)10-14-16(13(6-20)18(21)24-17(11)14)12-7-22-19(23-8-12)15-4-3-5-26-15/h3-5,7-8,11H,9-10H2,1-2H3,(H2,21,24)/t11-/m1/s1. The third-order valence-corrected chi connectivity index (χ3v) is 4.63. The summed E-state index contributed by atoms with van der Waals surface area (Å²) in [5.41, 5.74) is 9.97. The fourth-order valence-electron chi connectivity index (χ4n) is 3.54. The minimum atomic E-state index is 0.237. The fraction of sp³-hybridized carbons (Fsp3) is 0.263. The Morgan fingerprint density at radius 3 is 2.77 bits per heavy atom. The van der Waals surface area contributed by atoms with Crippen molar-refractivity contribution in [1.29, 1.82) is 5.26 Å². The van der Waals surface area contributed by atoms with Gasteiger partial charge in [0.15, 0.2) is 11.6 Å². The largest absolute Gasteiger partial charge is 0.461 e. The number of fused-ring (bicyclic) bond motifs is 1. The van der Waals surface area contributed by atoms with Gasteiger partial charge in [-0.15, -0.1) is 0 Å². The molecule has 2 N–H and O–H groups in total. The van der Waals surface area contributed by atoms with Crippen LogP contribution in [0.15, 0.2) is 35.2 Å². The van der Waals surface area contributed by atoms with E-state index in [1.54, 1.807) is 30.8 Å². The zero-order valence-corrected chi connectivity index (χ0v) is 14.6. The third-order valence-electron chi connectivity index (χ3n) is 4.63. The molecule has 1 aliphatic heterocycles. The molecule has 0 saturated heterocycles. The van der Waals surface area contributed by atoms with Gasteiger partial charge in [-0.3, -0.25) is 0 Å². The third kappa shape index (κ3) is 2.61. The number of pyridine rings is 1. The topological polar surface area (TPSA) is 105 Å². The Morgan fingerprint density at radius 1 is 1.35 bits per heavy atom. The molecule has 0 aromatic carbocycles. The first kappa shape index (κ1) is 16.2. The molecule has 130 valence electrons. The second kappa shape index (κ2) is 6.24. The Balaban J connectivity index is 1.89. The van der Waals surface area contributed by atoms with Crippen LogP contribution < -0.4 is 5.73 Å². The van der Waals surface area contributed by atoms with Crippen molar-refractivity contribution in [3.8, 4) is 28.8 Å². The molecule has 0 radical (unpaired) electrons. The number of anilines is 1. The van der Waals surface area contributed by atoms with Gasteiger partial charge in [0.2, 0.25) is 0 Å². The van der Waals surface area contributed by atoms with Crippen LogP contribution in [0.3, 0.4) is 0 Å². The molecule has 7 nitrogen and oxygen atoms in total. The van der Waals surface area contributed by atoms with E-state index in [1.165, 1.54) is 0 Å². The molecule has 0 bridgehead atoms. The number of likely N-dealkylation sites (N-methyl/N-ethyl adjacent to an activating group) is 1. The molecule has 1 aliphatic rings. The maximum atomic E-state index is 9.66. The molecule has 3 aromatic rings. The van der Waals surface area contributed by atoms with Gasteiger partial charge >= 0.3 is 0 Å². The summed E-state index contributed by atoms with van der Waals surface area (Å²) in [5, 5.41) is 9.66. The zero-order valence-electron chi connectivity index (χ0n) is 14.6. The van der Waals surface area contributed by atoms with Crippen LogP contribution in [0.25, 0.3) is 22.7 Å². The van der Waals surface area contributed by atoms with Crippen LogP contribution in [0.5, 0.6) is 0 Å². The van der Waals surface area contributed by atoms with E-state index in [0.717, 1.165) is 28.9 Å². The summed E-state index contributed by atoms with van der Waals surface area (Å²) in [6, 6.07) is 5.80. The monoisotopic (exact) mass is 346 g/mol. The molecule has 4 heterocycles. The Morgan fingerprint density at radius 2 is 2.12 bits per heavy atom. The Bertz CT molecular complexity index is 988. The van der Waals surface area contributed by atoms with Gasteiger partial charge in [-0.05, 0) is 24.7 Å². The van der Waals surface area contributed by atoms with Crippen molar-refractivity contribution in [1.82, 2.24) is 19.9 Å². The molecular weight excluding hydrogens is 328 g/mol. The lowest BCUT2D eigenvalue weighted by Crippen LogP contribution is -2.31. The second-order valence-corrected chi connectivity index (χ2v) is 6.59. The highest BCUT2D eigenvalue weighted by Gasteiger charge is 2.28. The van der Waals surface area contributed by atoms with Gasteiger partial charge in [0.25, 0.3) is 0 Å². The molecule has 0 amide bonds. The van der Waals surface area contributed by atoms with Crippen LogP contribution in [0.1, 0.15) is 29.7 Å². The normalized spacial score (nSPS) is 16.9. The van der Waals surface area contributed by atoms with Crippen LogP contribution >= 0.6 is 0 Å². The maximum absolute atomic E-state index is 9.66. The molecule has 4 rings (SSSR count). The molecule has 0 saturated carbocycles. The van der Waals surface area contributed by atoms with E-state index in [0.29, 0.717) is 23.7 Å². The number of nitriles is 1. The lowest BCUT2D eigenvalue weighted by atomic mass is 9.88. The molecule has 3 aromatic heterocycles. The van der Waals surface area contributed by atoms with Crippen LogP contribution in [0.4, 0.5) is 5.82 Å². The Hall–Kier alpha value is -3.24. The fourth-order valence-corrected chi connectivity index (χ4v) is 3.54. The first-order valence-corrected chi connectivity index (χ1v) is 8.35. The van der Waals surface area contributed by atoms with Crippen molar-refractivity contribution in [3.05, 3.63) is 47.6 Å². The van der Waals surface area contributed by atoms with Crippen LogP contribution in [0.2, 0.25) is 0 Å². The highest BCUT2D eigenvalue weighted by atomic mass is 16.3. The maximum Gasteiger partial charge on any atom is 0.195 e. The van der Waals surface area contributed by atoms with E-state index in [4.69, 9.17) is 10.2 Å². The number of rotatable bonds is 2. The number of hydrogen-bond acceptors (Lipinski definition) is 7. The quantitative estimate of drug-likeness (QED) is 0.760. The first-order chi connectivity index (χ1) is 12.6. The summed E-state index contributed by atoms with van der Waals surface area (Å²) in [6.07, 6.45) is 5.00. The van der Waals surface area contributed by atoms with Gasteiger partial charge in [0.1, 0.15) is 17.5 Å². The number of nitrogens with two attached hydrogens (primary N) is 1. The first-order valence-electron chi connectivity index (χ1n) is 8.35. The summed E-state index contributed by atoms with van der Waals surface area (Å²) >= 11 is 0. The van der Waals surface area contributed by atoms with Crippen molar-refractivity contribution >= 4 is 5.82 Å². The predicted octanol–water partition coefficient (Wildman–Crippen LogP) is 2.80. The average molecular weight is 346 g/mol. The van der Waals surface area contributed by atoms with E-state index in [1.807, 2.05) is 0 Å². The lowest BCUT2D eigenvalue weighted by molar-refractivity contribution is 0.285. The van der Waals surface area contributed by atoms with Gasteiger partial charge in [-0.2, -0.15) is 5.26 Å². The van der Waals surface area contributed by atoms with Gasteiger partial charge < -0.3 is 15.1 Å². The highest BCUT2D eigenvalue weighted by Crippen LogP contribution is 2.37. The van der Waals surface area contributed by atoms with Gasteiger partial charge in [-0.1, -0.05) is 6.92 Å². The lowest BCUT2D eigenvalue weighted by Gasteiger charge is -2.31. The molecule has 0 aliphatic carbocycles. The Kier molecular flexibility index (Phi) is 3.90. The summed E-state index contributed by atoms with van der Waals surface area (Å²) in [7, 11) is 2.06. The van der Waals surface area contributed by atoms with Gasteiger partial charge in [-0.25, -0.2) is 15.0 Å². The second-order valence-electron chi connectivity index (χ2n) is 6.59. The van der Waals surface area contributed by atoms with Crippen LogP contribution in [0, 0.1) is 11.3 Å². The van der Waals surface area contributed by atoms with Crippen molar-refractivity contribution in [2.75, 3.05) is 19.3 Å². The van der Waals surface area contributed by atoms with E-state index < -0.39 is 0 Å². The van der Waals surface area contributed by atoms with Gasteiger partial charge in [0, 0.05) is 42.5 Å². The molecule has 0 spiro atoms. The molecule has 26 heavy (non-hydrogen) atoms. The predicted molar refractivity (Wildman–Crippen MR) is 96.8 cm³/mol. The van der Waals surface area contributed by atoms with E-state index in [2.05, 4.69) is 39.9 Å². The minimum absolute atomic E-state index is 0.237. The number of nitrogen functional groups attached to an aromatic ring is 1. The van der Waals surface area contributed by atoms with E-state index in [9.17, 15) is 5.26 Å². The zero-order chi connectivity index (χ0) is 18.3. The average Bonchev–Trinajstić information content (AvgIpc) is 3.16. The molecule has 0 fully saturated rings. The molecule has 0 unspecified atom stereocenters. The number of aromatic nitrogens is 3. The highest BCUT2D eigenvalue weighted by molar-refractivity contribution is 5.79. The summed E-state index contributed by atoms with van der Waals surface area (Å²) < 4.78 is 5.33. The van der Waals surface area contributed by atoms with Crippen molar-refractivity contribution < 1.29 is 4.42 Å². The van der Waals surface area contributed by atoms with E-state index in [-0.39, 0.29) is 11.7 Å². The number of nitrogens with zero attached hydrogens (tertiary/aromatic N) is 5. The van der Waals surface area contributed by atoms with Crippen molar-refractivity contribution in [2.45, 2.75) is 19.4 Å². The SMILES string of the molecule is C[C@@H]1CN(C)Cc2c1nc(N)c(C#N)c2-c1cnc(-c2ccco2)nc1. The summed E-state index contributed by atoms with van der Waals surface area (Å²) in [4.78, 5) is 15.5. The van der Waals surface area contributed by atoms with Crippen LogP contribution in [-0.4, -0.2) is 33.4 Å². The van der Waals surface area contributed by atoms with Crippen molar-refractivity contribution in [3.63, 3.8) is 0 Å². The summed E-state index contributed by atoms with van der Waals surface area (Å²) in [5.74, 6) is 1.59. The minimum Gasteiger partial charge on any atom is -0.461 e. The smallest absolute Gasteiger partial charge is 0.195 e. The summed E-state index contributed by atoms with van der Waals surface area (Å²) in [6.45, 7) is 3.73. The van der Waals surface area contributed by atoms with Crippen LogP contribution in [-0.2, 0) is 6.54 Å². The molecular formula is C19H18N6O. The van der Waals surface area contributed by atoms with E-state index >= 15 is 0 Å².